The molecule has 0 radical (unpaired) electrons. The minimum Gasteiger partial charge on any atom is -0.352 e. The molecule has 1 aromatic carbocycles. The minimum absolute atomic E-state index is 0.0191. The van der Waals surface area contributed by atoms with E-state index in [0.717, 1.165) is 54.4 Å². The number of nitrogens with zero attached hydrogens (tertiary/aromatic N) is 4. The summed E-state index contributed by atoms with van der Waals surface area (Å²) < 4.78 is 8.43. The molecule has 2 aliphatic rings. The molecule has 1 N–H and O–H groups in total. The zero-order valence-corrected chi connectivity index (χ0v) is 17.4. The predicted molar refractivity (Wildman–Crippen MR) is 115 cm³/mol. The topological polar surface area (TPSA) is 88.1 Å². The lowest BCUT2D eigenvalue weighted by atomic mass is 9.93. The van der Waals surface area contributed by atoms with Crippen LogP contribution in [0.25, 0.3) is 11.0 Å². The number of nitrogens with one attached hydrogen (secondary N) is 1. The van der Waals surface area contributed by atoms with Crippen molar-refractivity contribution in [1.29, 1.82) is 0 Å². The Morgan fingerprint density at radius 3 is 2.70 bits per heavy atom. The van der Waals surface area contributed by atoms with Crippen LogP contribution < -0.4 is 5.32 Å². The fourth-order valence-electron chi connectivity index (χ4n) is 3.94. The van der Waals surface area contributed by atoms with Crippen molar-refractivity contribution >= 4 is 34.6 Å². The highest BCUT2D eigenvalue weighted by molar-refractivity contribution is 7.00. The number of carbonyl (C=O) groups excluding carboxylic acids is 2. The molecular weight excluding hydrogens is 398 g/mol. The zero-order chi connectivity index (χ0) is 20.5. The van der Waals surface area contributed by atoms with Gasteiger partial charge in [-0.2, -0.15) is 8.75 Å². The summed E-state index contributed by atoms with van der Waals surface area (Å²) in [5, 5.41) is 2.97. The van der Waals surface area contributed by atoms with Crippen LogP contribution in [0.5, 0.6) is 0 Å². The van der Waals surface area contributed by atoms with E-state index >= 15 is 0 Å². The predicted octanol–water partition coefficient (Wildman–Crippen LogP) is 3.25. The Kier molecular flexibility index (Phi) is 5.16. The molecule has 0 spiro atoms. The molecule has 1 atom stereocenters. The summed E-state index contributed by atoms with van der Waals surface area (Å²) in [7, 11) is 0. The molecule has 1 saturated carbocycles. The van der Waals surface area contributed by atoms with E-state index in [1.165, 1.54) is 12.8 Å². The number of amides is 2. The third kappa shape index (κ3) is 4.05. The Balaban J connectivity index is 1.25. The Labute approximate surface area is 178 Å². The summed E-state index contributed by atoms with van der Waals surface area (Å²) in [6.45, 7) is 2.12. The van der Waals surface area contributed by atoms with Gasteiger partial charge in [0.2, 0.25) is 0 Å². The second-order valence-electron chi connectivity index (χ2n) is 8.18. The number of benzene rings is 1. The lowest BCUT2D eigenvalue weighted by Gasteiger charge is -2.32. The molecule has 8 heteroatoms. The van der Waals surface area contributed by atoms with E-state index < -0.39 is 0 Å². The first kappa shape index (κ1) is 19.1. The Bertz CT molecular complexity index is 1080. The maximum Gasteiger partial charge on any atom is 0.253 e. The maximum absolute atomic E-state index is 13.0. The average molecular weight is 422 g/mol. The molecule has 30 heavy (non-hydrogen) atoms. The number of pyridine rings is 1. The molecule has 2 aromatic heterocycles. The van der Waals surface area contributed by atoms with Crippen LogP contribution in [0.4, 0.5) is 0 Å². The number of hydrogen-bond donors (Lipinski definition) is 1. The number of fused-ring (bicyclic) bond motifs is 1. The van der Waals surface area contributed by atoms with Crippen molar-refractivity contribution in [2.45, 2.75) is 31.6 Å². The Hall–Kier alpha value is -2.87. The summed E-state index contributed by atoms with van der Waals surface area (Å²) in [5.74, 6) is 0.786. The molecule has 5 rings (SSSR count). The van der Waals surface area contributed by atoms with Crippen molar-refractivity contribution in [3.63, 3.8) is 0 Å². The highest BCUT2D eigenvalue weighted by Gasteiger charge is 2.27. The van der Waals surface area contributed by atoms with E-state index in [1.807, 2.05) is 35.2 Å². The molecule has 1 aliphatic heterocycles. The second kappa shape index (κ2) is 8.10. The number of hydrogen-bond acceptors (Lipinski definition) is 6. The van der Waals surface area contributed by atoms with E-state index in [4.69, 9.17) is 0 Å². The van der Waals surface area contributed by atoms with E-state index in [1.54, 1.807) is 6.20 Å². The van der Waals surface area contributed by atoms with Gasteiger partial charge < -0.3 is 10.2 Å². The number of rotatable bonds is 5. The first-order chi connectivity index (χ1) is 14.7. The summed E-state index contributed by atoms with van der Waals surface area (Å²) in [4.78, 5) is 31.7. The number of aromatic nitrogens is 3. The molecule has 3 aromatic rings. The smallest absolute Gasteiger partial charge is 0.253 e. The normalized spacial score (nSPS) is 19.1. The molecular formula is C22H23N5O2S. The van der Waals surface area contributed by atoms with Crippen molar-refractivity contribution in [2.75, 3.05) is 19.6 Å². The quantitative estimate of drug-likeness (QED) is 0.683. The third-order valence-electron chi connectivity index (χ3n) is 5.92. The Morgan fingerprint density at radius 2 is 1.90 bits per heavy atom. The minimum atomic E-state index is -0.0617. The van der Waals surface area contributed by atoms with Crippen LogP contribution in [0.15, 0.2) is 36.5 Å². The van der Waals surface area contributed by atoms with Crippen LogP contribution in [0, 0.1) is 5.92 Å². The van der Waals surface area contributed by atoms with E-state index in [9.17, 15) is 9.59 Å². The van der Waals surface area contributed by atoms with Gasteiger partial charge in [-0.25, -0.2) is 0 Å². The number of piperidine rings is 1. The first-order valence-corrected chi connectivity index (χ1v) is 11.2. The van der Waals surface area contributed by atoms with Gasteiger partial charge in [-0.3, -0.25) is 14.6 Å². The molecule has 154 valence electrons. The third-order valence-corrected chi connectivity index (χ3v) is 6.48. The van der Waals surface area contributed by atoms with Gasteiger partial charge in [-0.15, -0.1) is 0 Å². The van der Waals surface area contributed by atoms with Gasteiger partial charge in [0, 0.05) is 43.0 Å². The summed E-state index contributed by atoms with van der Waals surface area (Å²) in [5.41, 5.74) is 3.75. The second-order valence-corrected chi connectivity index (χ2v) is 8.71. The highest BCUT2D eigenvalue weighted by atomic mass is 32.1. The lowest BCUT2D eigenvalue weighted by molar-refractivity contribution is 0.0706. The first-order valence-electron chi connectivity index (χ1n) is 10.4. The molecule has 1 aliphatic carbocycles. The summed E-state index contributed by atoms with van der Waals surface area (Å²) in [6, 6.07) is 9.26. The van der Waals surface area contributed by atoms with E-state index in [2.05, 4.69) is 19.0 Å². The van der Waals surface area contributed by atoms with E-state index in [-0.39, 0.29) is 17.7 Å². The SMILES string of the molecule is O=C(NCC1CC1)c1ccc(C2CCCN(C(=O)c3ccc4nsnc4c3)C2)nc1. The van der Waals surface area contributed by atoms with E-state index in [0.29, 0.717) is 23.6 Å². The maximum atomic E-state index is 13.0. The van der Waals surface area contributed by atoms with Crippen molar-refractivity contribution in [3.05, 3.63) is 53.3 Å². The monoisotopic (exact) mass is 421 g/mol. The van der Waals surface area contributed by atoms with Crippen LogP contribution >= 0.6 is 11.7 Å². The summed E-state index contributed by atoms with van der Waals surface area (Å²) >= 11 is 1.16. The van der Waals surface area contributed by atoms with Crippen molar-refractivity contribution in [1.82, 2.24) is 23.9 Å². The van der Waals surface area contributed by atoms with Crippen molar-refractivity contribution in [3.8, 4) is 0 Å². The van der Waals surface area contributed by atoms with Crippen LogP contribution in [0.1, 0.15) is 58.0 Å². The largest absolute Gasteiger partial charge is 0.352 e. The van der Waals surface area contributed by atoms with Crippen LogP contribution in [0.2, 0.25) is 0 Å². The van der Waals surface area contributed by atoms with Crippen LogP contribution in [0.3, 0.4) is 0 Å². The molecule has 2 amide bonds. The van der Waals surface area contributed by atoms with Crippen LogP contribution in [-0.2, 0) is 0 Å². The van der Waals surface area contributed by atoms with Gasteiger partial charge in [-0.05, 0) is 61.9 Å². The van der Waals surface area contributed by atoms with Gasteiger partial charge in [0.05, 0.1) is 17.3 Å². The number of carbonyl (C=O) groups is 2. The molecule has 0 bridgehead atoms. The molecule has 1 unspecified atom stereocenters. The molecule has 3 heterocycles. The molecule has 7 nitrogen and oxygen atoms in total. The van der Waals surface area contributed by atoms with Gasteiger partial charge >= 0.3 is 0 Å². The highest BCUT2D eigenvalue weighted by Crippen LogP contribution is 2.28. The Morgan fingerprint density at radius 1 is 1.07 bits per heavy atom. The molecule has 1 saturated heterocycles. The van der Waals surface area contributed by atoms with Gasteiger partial charge in [-0.1, -0.05) is 0 Å². The number of likely N-dealkylation sites (tertiary alicyclic amines) is 1. The molecule has 2 fully saturated rings. The van der Waals surface area contributed by atoms with Gasteiger partial charge in [0.1, 0.15) is 11.0 Å². The standard InChI is InChI=1S/C22H23N5O2S/c28-21(24-11-14-3-4-14)16-6-7-18(23-12-16)17-2-1-9-27(13-17)22(29)15-5-8-19-20(10-15)26-30-25-19/h5-8,10,12,14,17H,1-4,9,11,13H2,(H,24,28). The van der Waals surface area contributed by atoms with Gasteiger partial charge in [0.15, 0.2) is 0 Å². The summed E-state index contributed by atoms with van der Waals surface area (Å²) in [6.07, 6.45) is 5.99. The zero-order valence-electron chi connectivity index (χ0n) is 16.6. The van der Waals surface area contributed by atoms with Gasteiger partial charge in [0.25, 0.3) is 11.8 Å². The fourth-order valence-corrected chi connectivity index (χ4v) is 4.46. The lowest BCUT2D eigenvalue weighted by Crippen LogP contribution is -2.39. The van der Waals surface area contributed by atoms with Crippen LogP contribution in [-0.4, -0.2) is 50.1 Å². The van der Waals surface area contributed by atoms with Crippen molar-refractivity contribution in [2.24, 2.45) is 5.92 Å². The fraction of sp³-hybridized carbons (Fsp3) is 0.409. The average Bonchev–Trinajstić information content (AvgIpc) is 3.51. The van der Waals surface area contributed by atoms with Crippen molar-refractivity contribution < 1.29 is 9.59 Å².